The van der Waals surface area contributed by atoms with Crippen molar-refractivity contribution in [2.75, 3.05) is 10.7 Å². The SMILES string of the molecule is Cn1c(SCC(=O)N(c2ccccc2)c2ccccc2)nc2ccccc2c1=O. The Balaban J connectivity index is 1.63. The van der Waals surface area contributed by atoms with Crippen molar-refractivity contribution in [1.82, 2.24) is 9.55 Å². The molecule has 0 spiro atoms. The highest BCUT2D eigenvalue weighted by atomic mass is 32.2. The average Bonchev–Trinajstić information content (AvgIpc) is 2.77. The van der Waals surface area contributed by atoms with E-state index in [0.29, 0.717) is 16.1 Å². The molecule has 3 aromatic carbocycles. The summed E-state index contributed by atoms with van der Waals surface area (Å²) in [5.41, 5.74) is 2.11. The van der Waals surface area contributed by atoms with Gasteiger partial charge in [-0.2, -0.15) is 0 Å². The molecule has 6 heteroatoms. The molecule has 1 aromatic heterocycles. The van der Waals surface area contributed by atoms with E-state index in [0.717, 1.165) is 11.4 Å². The number of thioether (sulfide) groups is 1. The fraction of sp³-hybridized carbons (Fsp3) is 0.0870. The first kappa shape index (κ1) is 19.0. The predicted octanol–water partition coefficient (Wildman–Crippen LogP) is 4.39. The van der Waals surface area contributed by atoms with Crippen LogP contribution in [0.1, 0.15) is 0 Å². The van der Waals surface area contributed by atoms with E-state index in [1.807, 2.05) is 78.9 Å². The number of rotatable bonds is 5. The minimum absolute atomic E-state index is 0.0881. The highest BCUT2D eigenvalue weighted by Crippen LogP contribution is 2.27. The third kappa shape index (κ3) is 3.93. The van der Waals surface area contributed by atoms with Crippen molar-refractivity contribution in [3.8, 4) is 0 Å². The highest BCUT2D eigenvalue weighted by Gasteiger charge is 2.19. The summed E-state index contributed by atoms with van der Waals surface area (Å²) in [6, 6.07) is 26.3. The molecule has 0 saturated heterocycles. The van der Waals surface area contributed by atoms with Gasteiger partial charge in [-0.15, -0.1) is 0 Å². The second-order valence-corrected chi connectivity index (χ2v) is 7.41. The molecule has 0 aliphatic rings. The smallest absolute Gasteiger partial charge is 0.261 e. The zero-order chi connectivity index (χ0) is 20.2. The molecule has 1 amide bonds. The fourth-order valence-electron chi connectivity index (χ4n) is 3.11. The average molecular weight is 401 g/mol. The highest BCUT2D eigenvalue weighted by molar-refractivity contribution is 7.99. The van der Waals surface area contributed by atoms with Gasteiger partial charge in [0.25, 0.3) is 5.56 Å². The van der Waals surface area contributed by atoms with E-state index in [1.165, 1.54) is 16.3 Å². The fourth-order valence-corrected chi connectivity index (χ4v) is 3.93. The number of para-hydroxylation sites is 3. The Hall–Kier alpha value is -3.38. The largest absolute Gasteiger partial charge is 0.290 e. The maximum Gasteiger partial charge on any atom is 0.261 e. The summed E-state index contributed by atoms with van der Waals surface area (Å²) in [6.07, 6.45) is 0. The second-order valence-electron chi connectivity index (χ2n) is 6.46. The molecule has 0 N–H and O–H groups in total. The molecule has 0 saturated carbocycles. The number of hydrogen-bond acceptors (Lipinski definition) is 4. The van der Waals surface area contributed by atoms with Crippen molar-refractivity contribution in [3.05, 3.63) is 95.3 Å². The summed E-state index contributed by atoms with van der Waals surface area (Å²) < 4.78 is 1.50. The molecule has 1 heterocycles. The summed E-state index contributed by atoms with van der Waals surface area (Å²) in [4.78, 5) is 32.0. The first-order valence-electron chi connectivity index (χ1n) is 9.17. The number of amides is 1. The summed E-state index contributed by atoms with van der Waals surface area (Å²) in [6.45, 7) is 0. The summed E-state index contributed by atoms with van der Waals surface area (Å²) in [5.74, 6) is 0.0670. The van der Waals surface area contributed by atoms with Gasteiger partial charge in [0.15, 0.2) is 5.16 Å². The normalized spacial score (nSPS) is 10.8. The monoisotopic (exact) mass is 401 g/mol. The number of nitrogens with zero attached hydrogens (tertiary/aromatic N) is 3. The van der Waals surface area contributed by atoms with Crippen LogP contribution < -0.4 is 10.5 Å². The number of benzene rings is 3. The minimum atomic E-state index is -0.117. The van der Waals surface area contributed by atoms with Gasteiger partial charge in [-0.25, -0.2) is 4.98 Å². The van der Waals surface area contributed by atoms with E-state index >= 15 is 0 Å². The molecule has 0 radical (unpaired) electrons. The summed E-state index contributed by atoms with van der Waals surface area (Å²) in [7, 11) is 1.68. The molecule has 0 fully saturated rings. The third-order valence-electron chi connectivity index (χ3n) is 4.55. The van der Waals surface area contributed by atoms with Gasteiger partial charge < -0.3 is 0 Å². The zero-order valence-corrected chi connectivity index (χ0v) is 16.7. The van der Waals surface area contributed by atoms with E-state index in [-0.39, 0.29) is 17.2 Å². The Labute approximate surface area is 172 Å². The molecule has 144 valence electrons. The van der Waals surface area contributed by atoms with Crippen molar-refractivity contribution in [1.29, 1.82) is 0 Å². The number of fused-ring (bicyclic) bond motifs is 1. The van der Waals surface area contributed by atoms with Crippen LogP contribution in [0, 0.1) is 0 Å². The van der Waals surface area contributed by atoms with E-state index < -0.39 is 0 Å². The molecule has 0 aliphatic heterocycles. The molecular weight excluding hydrogens is 382 g/mol. The standard InChI is InChI=1S/C23H19N3O2S/c1-25-22(28)19-14-8-9-15-20(19)24-23(25)29-16-21(27)26(17-10-4-2-5-11-17)18-12-6-3-7-13-18/h2-15H,16H2,1H3. The van der Waals surface area contributed by atoms with E-state index in [2.05, 4.69) is 4.98 Å². The molecule has 0 aliphatic carbocycles. The number of aromatic nitrogens is 2. The van der Waals surface area contributed by atoms with E-state index in [4.69, 9.17) is 0 Å². The summed E-state index contributed by atoms with van der Waals surface area (Å²) in [5, 5.41) is 1.09. The Bertz CT molecular complexity index is 1170. The van der Waals surface area contributed by atoms with Gasteiger partial charge in [0, 0.05) is 18.4 Å². The third-order valence-corrected chi connectivity index (χ3v) is 5.56. The quantitative estimate of drug-likeness (QED) is 0.368. The molecule has 4 aromatic rings. The van der Waals surface area contributed by atoms with Gasteiger partial charge in [0.05, 0.1) is 16.7 Å². The van der Waals surface area contributed by atoms with Crippen molar-refractivity contribution >= 4 is 39.9 Å². The van der Waals surface area contributed by atoms with E-state index in [1.54, 1.807) is 18.0 Å². The first-order valence-corrected chi connectivity index (χ1v) is 10.2. The van der Waals surface area contributed by atoms with Crippen LogP contribution in [0.2, 0.25) is 0 Å². The first-order chi connectivity index (χ1) is 14.1. The van der Waals surface area contributed by atoms with Gasteiger partial charge in [0.1, 0.15) is 0 Å². The lowest BCUT2D eigenvalue weighted by Crippen LogP contribution is -2.28. The zero-order valence-electron chi connectivity index (χ0n) is 15.9. The molecule has 29 heavy (non-hydrogen) atoms. The molecular formula is C23H19N3O2S. The predicted molar refractivity (Wildman–Crippen MR) is 118 cm³/mol. The van der Waals surface area contributed by atoms with Crippen LogP contribution in [-0.2, 0) is 11.8 Å². The topological polar surface area (TPSA) is 55.2 Å². The van der Waals surface area contributed by atoms with Crippen LogP contribution in [0.15, 0.2) is 94.9 Å². The van der Waals surface area contributed by atoms with Gasteiger partial charge in [-0.05, 0) is 36.4 Å². The van der Waals surface area contributed by atoms with Crippen LogP contribution in [-0.4, -0.2) is 21.2 Å². The van der Waals surface area contributed by atoms with Crippen LogP contribution in [0.4, 0.5) is 11.4 Å². The lowest BCUT2D eigenvalue weighted by molar-refractivity contribution is -0.115. The van der Waals surface area contributed by atoms with E-state index in [9.17, 15) is 9.59 Å². The molecule has 4 rings (SSSR count). The summed E-state index contributed by atoms with van der Waals surface area (Å²) >= 11 is 1.26. The number of carbonyl (C=O) groups is 1. The van der Waals surface area contributed by atoms with Gasteiger partial charge in [0.2, 0.25) is 5.91 Å². The lowest BCUT2D eigenvalue weighted by Gasteiger charge is -2.23. The number of hydrogen-bond donors (Lipinski definition) is 0. The van der Waals surface area contributed by atoms with Crippen LogP contribution in [0.3, 0.4) is 0 Å². The Kier molecular flexibility index (Phi) is 5.44. The molecule has 0 atom stereocenters. The number of anilines is 2. The lowest BCUT2D eigenvalue weighted by atomic mass is 10.2. The van der Waals surface area contributed by atoms with Gasteiger partial charge >= 0.3 is 0 Å². The van der Waals surface area contributed by atoms with Crippen LogP contribution >= 0.6 is 11.8 Å². The molecule has 0 bridgehead atoms. The van der Waals surface area contributed by atoms with Crippen molar-refractivity contribution in [3.63, 3.8) is 0 Å². The Morgan fingerprint density at radius 3 is 2.07 bits per heavy atom. The van der Waals surface area contributed by atoms with Crippen molar-refractivity contribution in [2.45, 2.75) is 5.16 Å². The number of carbonyl (C=O) groups excluding carboxylic acids is 1. The Morgan fingerprint density at radius 2 is 1.45 bits per heavy atom. The van der Waals surface area contributed by atoms with Crippen LogP contribution in [0.5, 0.6) is 0 Å². The van der Waals surface area contributed by atoms with Crippen molar-refractivity contribution < 1.29 is 4.79 Å². The molecule has 5 nitrogen and oxygen atoms in total. The van der Waals surface area contributed by atoms with Crippen LogP contribution in [0.25, 0.3) is 10.9 Å². The van der Waals surface area contributed by atoms with Gasteiger partial charge in [-0.3, -0.25) is 19.1 Å². The minimum Gasteiger partial charge on any atom is -0.290 e. The van der Waals surface area contributed by atoms with Crippen molar-refractivity contribution in [2.24, 2.45) is 7.05 Å². The molecule has 0 unspecified atom stereocenters. The second kappa shape index (κ2) is 8.32. The van der Waals surface area contributed by atoms with Gasteiger partial charge in [-0.1, -0.05) is 60.3 Å². The maximum absolute atomic E-state index is 13.2. The Morgan fingerprint density at radius 1 is 0.897 bits per heavy atom. The maximum atomic E-state index is 13.2.